The lowest BCUT2D eigenvalue weighted by Gasteiger charge is -2.27. The minimum Gasteiger partial charge on any atom is -0.456 e. The van der Waals surface area contributed by atoms with Crippen molar-refractivity contribution in [2.24, 2.45) is 0 Å². The second-order valence-electron chi connectivity index (χ2n) is 11.0. The van der Waals surface area contributed by atoms with Crippen molar-refractivity contribution in [3.05, 3.63) is 176 Å². The number of nitrogens with zero attached hydrogens (tertiary/aromatic N) is 1. The van der Waals surface area contributed by atoms with Crippen molar-refractivity contribution in [1.29, 1.82) is 0 Å². The van der Waals surface area contributed by atoms with Crippen LogP contribution in [0.25, 0.3) is 55.3 Å². The molecule has 0 N–H and O–H groups in total. The number of benzene rings is 7. The van der Waals surface area contributed by atoms with Crippen molar-refractivity contribution in [3.8, 4) is 33.4 Å². The fourth-order valence-corrected chi connectivity index (χ4v) is 6.10. The van der Waals surface area contributed by atoms with Crippen LogP contribution in [0.4, 0.5) is 17.1 Å². The third kappa shape index (κ3) is 4.73. The van der Waals surface area contributed by atoms with Crippen LogP contribution in [0.3, 0.4) is 0 Å². The molecule has 8 aromatic rings. The zero-order valence-electron chi connectivity index (χ0n) is 24.1. The summed E-state index contributed by atoms with van der Waals surface area (Å²) < 4.78 is 6.50. The summed E-state index contributed by atoms with van der Waals surface area (Å²) >= 11 is 0. The van der Waals surface area contributed by atoms with Gasteiger partial charge in [0.05, 0.1) is 11.1 Å². The van der Waals surface area contributed by atoms with E-state index in [1.54, 1.807) is 0 Å². The van der Waals surface area contributed by atoms with Crippen LogP contribution >= 0.6 is 0 Å². The van der Waals surface area contributed by atoms with Crippen molar-refractivity contribution < 1.29 is 4.42 Å². The van der Waals surface area contributed by atoms with Gasteiger partial charge >= 0.3 is 0 Å². The first-order valence-electron chi connectivity index (χ1n) is 14.9. The van der Waals surface area contributed by atoms with Gasteiger partial charge in [0, 0.05) is 16.8 Å². The molecule has 0 radical (unpaired) electrons. The Kier molecular flexibility index (Phi) is 6.51. The third-order valence-corrected chi connectivity index (χ3v) is 8.27. The fraction of sp³-hybridized carbons (Fsp3) is 0. The average Bonchev–Trinajstić information content (AvgIpc) is 3.49. The van der Waals surface area contributed by atoms with Crippen LogP contribution in [0.5, 0.6) is 0 Å². The molecular formula is C42H29NO. The van der Waals surface area contributed by atoms with Crippen LogP contribution in [-0.4, -0.2) is 0 Å². The quantitative estimate of drug-likeness (QED) is 0.200. The Morgan fingerprint density at radius 2 is 0.773 bits per heavy atom. The molecule has 0 fully saturated rings. The van der Waals surface area contributed by atoms with Gasteiger partial charge in [0.2, 0.25) is 0 Å². The predicted octanol–water partition coefficient (Wildman–Crippen LogP) is 12.1. The Morgan fingerprint density at radius 1 is 0.341 bits per heavy atom. The van der Waals surface area contributed by atoms with E-state index in [2.05, 4.69) is 175 Å². The molecule has 0 saturated carbocycles. The number of hydrogen-bond donors (Lipinski definition) is 0. The lowest BCUT2D eigenvalue weighted by Crippen LogP contribution is -2.10. The lowest BCUT2D eigenvalue weighted by atomic mass is 9.99. The highest BCUT2D eigenvalue weighted by molar-refractivity contribution is 6.14. The number of furan rings is 1. The lowest BCUT2D eigenvalue weighted by molar-refractivity contribution is 0.669. The molecule has 0 amide bonds. The van der Waals surface area contributed by atoms with Crippen molar-refractivity contribution in [1.82, 2.24) is 0 Å². The summed E-state index contributed by atoms with van der Waals surface area (Å²) in [7, 11) is 0. The van der Waals surface area contributed by atoms with Crippen molar-refractivity contribution in [3.63, 3.8) is 0 Å². The van der Waals surface area contributed by atoms with E-state index in [1.165, 1.54) is 22.3 Å². The second-order valence-corrected chi connectivity index (χ2v) is 11.0. The zero-order chi connectivity index (χ0) is 29.3. The standard InChI is InChI=1S/C42H29NO/c1-4-12-30(13-5-1)33-20-24-36(25-21-33)43(37-26-22-34(23-27-37)31-14-6-2-7-15-31)39-28-35(32-16-8-3-9-17-32)29-41-42(39)38-18-10-11-19-40(38)44-41/h1-29H. The largest absolute Gasteiger partial charge is 0.456 e. The maximum absolute atomic E-state index is 6.50. The molecule has 0 aliphatic carbocycles. The Bertz CT molecular complexity index is 2100. The highest BCUT2D eigenvalue weighted by Gasteiger charge is 2.21. The van der Waals surface area contributed by atoms with Crippen molar-refractivity contribution >= 4 is 39.0 Å². The molecule has 1 aromatic heterocycles. The SMILES string of the molecule is c1ccc(-c2ccc(N(c3ccc(-c4ccccc4)cc3)c3cc(-c4ccccc4)cc4oc5ccccc5c34)cc2)cc1. The van der Waals surface area contributed by atoms with Gasteiger partial charge in [0.25, 0.3) is 0 Å². The van der Waals surface area contributed by atoms with Gasteiger partial charge in [-0.2, -0.15) is 0 Å². The second kappa shape index (κ2) is 11.1. The first kappa shape index (κ1) is 25.8. The van der Waals surface area contributed by atoms with E-state index in [4.69, 9.17) is 4.42 Å². The molecule has 8 rings (SSSR count). The summed E-state index contributed by atoms with van der Waals surface area (Å²) in [5, 5.41) is 2.20. The number of hydrogen-bond acceptors (Lipinski definition) is 2. The molecule has 2 heteroatoms. The fourth-order valence-electron chi connectivity index (χ4n) is 6.10. The van der Waals surface area contributed by atoms with Gasteiger partial charge < -0.3 is 9.32 Å². The molecule has 1 heterocycles. The van der Waals surface area contributed by atoms with E-state index in [0.717, 1.165) is 50.1 Å². The molecule has 7 aromatic carbocycles. The summed E-state index contributed by atoms with van der Waals surface area (Å²) in [6.45, 7) is 0. The van der Waals surface area contributed by atoms with E-state index in [9.17, 15) is 0 Å². The highest BCUT2D eigenvalue weighted by atomic mass is 16.3. The Morgan fingerprint density at radius 3 is 1.30 bits per heavy atom. The van der Waals surface area contributed by atoms with Crippen molar-refractivity contribution in [2.75, 3.05) is 4.90 Å². The maximum Gasteiger partial charge on any atom is 0.138 e. The van der Waals surface area contributed by atoms with Gasteiger partial charge in [-0.05, 0) is 75.8 Å². The smallest absolute Gasteiger partial charge is 0.138 e. The molecular weight excluding hydrogens is 534 g/mol. The predicted molar refractivity (Wildman–Crippen MR) is 185 cm³/mol. The molecule has 2 nitrogen and oxygen atoms in total. The Hall–Kier alpha value is -5.86. The molecule has 44 heavy (non-hydrogen) atoms. The third-order valence-electron chi connectivity index (χ3n) is 8.27. The highest BCUT2D eigenvalue weighted by Crippen LogP contribution is 2.45. The average molecular weight is 564 g/mol. The number of fused-ring (bicyclic) bond motifs is 3. The number of rotatable bonds is 6. The molecule has 0 aliphatic heterocycles. The Labute approximate surface area is 257 Å². The maximum atomic E-state index is 6.50. The van der Waals surface area contributed by atoms with Crippen molar-refractivity contribution in [2.45, 2.75) is 0 Å². The summed E-state index contributed by atoms with van der Waals surface area (Å²) in [6, 6.07) is 62.1. The van der Waals surface area contributed by atoms with Crippen LogP contribution in [0.1, 0.15) is 0 Å². The van der Waals surface area contributed by atoms with E-state index in [-0.39, 0.29) is 0 Å². The molecule has 0 spiro atoms. The molecule has 0 aliphatic rings. The summed E-state index contributed by atoms with van der Waals surface area (Å²) in [5.74, 6) is 0. The molecule has 0 bridgehead atoms. The zero-order valence-corrected chi connectivity index (χ0v) is 24.1. The summed E-state index contributed by atoms with van der Waals surface area (Å²) in [6.07, 6.45) is 0. The molecule has 0 unspecified atom stereocenters. The van der Waals surface area contributed by atoms with Crippen LogP contribution in [0.2, 0.25) is 0 Å². The molecule has 208 valence electrons. The van der Waals surface area contributed by atoms with Gasteiger partial charge in [0.1, 0.15) is 11.2 Å². The minimum absolute atomic E-state index is 0.870. The van der Waals surface area contributed by atoms with E-state index >= 15 is 0 Å². The van der Waals surface area contributed by atoms with E-state index < -0.39 is 0 Å². The van der Waals surface area contributed by atoms with Gasteiger partial charge in [-0.1, -0.05) is 133 Å². The summed E-state index contributed by atoms with van der Waals surface area (Å²) in [4.78, 5) is 2.36. The van der Waals surface area contributed by atoms with Gasteiger partial charge in [-0.3, -0.25) is 0 Å². The molecule has 0 atom stereocenters. The normalized spacial score (nSPS) is 11.2. The van der Waals surface area contributed by atoms with Gasteiger partial charge in [-0.25, -0.2) is 0 Å². The summed E-state index contributed by atoms with van der Waals surface area (Å²) in [5.41, 5.74) is 12.0. The van der Waals surface area contributed by atoms with E-state index in [1.807, 2.05) is 6.07 Å². The Balaban J connectivity index is 1.36. The number of anilines is 3. The first-order chi connectivity index (χ1) is 21.8. The van der Waals surface area contributed by atoms with Gasteiger partial charge in [-0.15, -0.1) is 0 Å². The topological polar surface area (TPSA) is 16.4 Å². The minimum atomic E-state index is 0.870. The van der Waals surface area contributed by atoms with E-state index in [0.29, 0.717) is 0 Å². The van der Waals surface area contributed by atoms with Crippen LogP contribution in [0, 0.1) is 0 Å². The molecule has 0 saturated heterocycles. The van der Waals surface area contributed by atoms with Crippen LogP contribution in [0.15, 0.2) is 180 Å². The van der Waals surface area contributed by atoms with Crippen LogP contribution in [-0.2, 0) is 0 Å². The van der Waals surface area contributed by atoms with Gasteiger partial charge in [0.15, 0.2) is 0 Å². The first-order valence-corrected chi connectivity index (χ1v) is 14.9. The number of para-hydroxylation sites is 1. The van der Waals surface area contributed by atoms with Crippen LogP contribution < -0.4 is 4.90 Å². The monoisotopic (exact) mass is 563 g/mol.